The van der Waals surface area contributed by atoms with Crippen LogP contribution in [0.25, 0.3) is 0 Å². The molecule has 1 atom stereocenters. The van der Waals surface area contributed by atoms with Crippen molar-refractivity contribution >= 4 is 27.3 Å². The van der Waals surface area contributed by atoms with Crippen LogP contribution in [0.2, 0.25) is 0 Å². The Balaban J connectivity index is 2.20. The Morgan fingerprint density at radius 2 is 2.04 bits per heavy atom. The Morgan fingerprint density at radius 1 is 1.28 bits per heavy atom. The standard InChI is InChI=1S/C18H24N2O4S/c1-3-17(21)19-15-9-7-8-14(12-15)18(22)20-11-6-4-5-10-16(13-20)25(2,23)24/h3,7-9,12,16H,1,4-6,10-11,13H2,2H3,(H,19,21). The van der Waals surface area contributed by atoms with Gasteiger partial charge in [-0.15, -0.1) is 0 Å². The van der Waals surface area contributed by atoms with Crippen molar-refractivity contribution in [2.45, 2.75) is 30.9 Å². The van der Waals surface area contributed by atoms with Gasteiger partial charge in [0.2, 0.25) is 5.91 Å². The molecule has 1 saturated heterocycles. The molecule has 0 radical (unpaired) electrons. The molecule has 136 valence electrons. The lowest BCUT2D eigenvalue weighted by molar-refractivity contribution is -0.111. The zero-order valence-corrected chi connectivity index (χ0v) is 15.2. The zero-order chi connectivity index (χ0) is 18.4. The summed E-state index contributed by atoms with van der Waals surface area (Å²) in [5, 5.41) is 2.09. The van der Waals surface area contributed by atoms with Crippen LogP contribution in [0.1, 0.15) is 36.0 Å². The van der Waals surface area contributed by atoms with Crippen LogP contribution in [-0.2, 0) is 14.6 Å². The third-order valence-corrected chi connectivity index (χ3v) is 5.93. The van der Waals surface area contributed by atoms with Crippen LogP contribution >= 0.6 is 0 Å². The highest BCUT2D eigenvalue weighted by Crippen LogP contribution is 2.19. The summed E-state index contributed by atoms with van der Waals surface area (Å²) in [5.41, 5.74) is 0.928. The topological polar surface area (TPSA) is 83.6 Å². The van der Waals surface area contributed by atoms with E-state index in [9.17, 15) is 18.0 Å². The van der Waals surface area contributed by atoms with Gasteiger partial charge in [-0.2, -0.15) is 0 Å². The maximum absolute atomic E-state index is 12.8. The summed E-state index contributed by atoms with van der Waals surface area (Å²) in [6.07, 6.45) is 5.60. The minimum atomic E-state index is -3.20. The first kappa shape index (κ1) is 19.2. The van der Waals surface area contributed by atoms with E-state index in [1.165, 1.54) is 6.26 Å². The molecule has 1 N–H and O–H groups in total. The molecule has 1 heterocycles. The predicted octanol–water partition coefficient (Wildman–Crippen LogP) is 2.24. The number of amides is 2. The number of sulfone groups is 1. The zero-order valence-electron chi connectivity index (χ0n) is 14.4. The predicted molar refractivity (Wildman–Crippen MR) is 98.3 cm³/mol. The van der Waals surface area contributed by atoms with Crippen molar-refractivity contribution < 1.29 is 18.0 Å². The summed E-state index contributed by atoms with van der Waals surface area (Å²) in [6.45, 7) is 4.14. The number of carbonyl (C=O) groups is 2. The van der Waals surface area contributed by atoms with Crippen LogP contribution < -0.4 is 5.32 Å². The van der Waals surface area contributed by atoms with Crippen LogP contribution in [0.3, 0.4) is 0 Å². The fourth-order valence-electron chi connectivity index (χ4n) is 2.92. The third-order valence-electron chi connectivity index (χ3n) is 4.33. The molecule has 0 spiro atoms. The van der Waals surface area contributed by atoms with E-state index in [1.54, 1.807) is 29.2 Å². The Hall–Kier alpha value is -2.15. The van der Waals surface area contributed by atoms with Crippen molar-refractivity contribution in [3.05, 3.63) is 42.5 Å². The molecular formula is C18H24N2O4S. The van der Waals surface area contributed by atoms with Crippen molar-refractivity contribution in [1.82, 2.24) is 4.90 Å². The Bertz CT molecular complexity index is 758. The highest BCUT2D eigenvalue weighted by atomic mass is 32.2. The van der Waals surface area contributed by atoms with Crippen LogP contribution in [0.4, 0.5) is 5.69 Å². The van der Waals surface area contributed by atoms with Crippen LogP contribution in [-0.4, -0.2) is 49.7 Å². The fraction of sp³-hybridized carbons (Fsp3) is 0.444. The number of likely N-dealkylation sites (tertiary alicyclic amines) is 1. The third kappa shape index (κ3) is 5.42. The van der Waals surface area contributed by atoms with E-state index in [4.69, 9.17) is 0 Å². The van der Waals surface area contributed by atoms with Crippen molar-refractivity contribution in [1.29, 1.82) is 0 Å². The summed E-state index contributed by atoms with van der Waals surface area (Å²) in [4.78, 5) is 25.9. The molecule has 1 aliphatic heterocycles. The molecule has 2 rings (SSSR count). The molecule has 7 heteroatoms. The number of anilines is 1. The SMILES string of the molecule is C=CC(=O)Nc1cccc(C(=O)N2CCCCCC(S(C)(=O)=O)C2)c1. The van der Waals surface area contributed by atoms with Gasteiger partial charge in [0, 0.05) is 30.6 Å². The molecule has 0 bridgehead atoms. The number of hydrogen-bond acceptors (Lipinski definition) is 4. The van der Waals surface area contributed by atoms with Crippen molar-refractivity contribution in [3.63, 3.8) is 0 Å². The van der Waals surface area contributed by atoms with E-state index in [0.717, 1.165) is 25.3 Å². The van der Waals surface area contributed by atoms with Crippen molar-refractivity contribution in [3.8, 4) is 0 Å². The molecular weight excluding hydrogens is 340 g/mol. The summed E-state index contributed by atoms with van der Waals surface area (Å²) < 4.78 is 23.9. The summed E-state index contributed by atoms with van der Waals surface area (Å²) in [5.74, 6) is -0.571. The second-order valence-corrected chi connectivity index (χ2v) is 8.65. The first-order valence-electron chi connectivity index (χ1n) is 8.33. The van der Waals surface area contributed by atoms with E-state index >= 15 is 0 Å². The fourth-order valence-corrected chi connectivity index (χ4v) is 3.97. The Morgan fingerprint density at radius 3 is 2.72 bits per heavy atom. The second-order valence-electron chi connectivity index (χ2n) is 6.33. The van der Waals surface area contributed by atoms with Crippen LogP contribution in [0.5, 0.6) is 0 Å². The first-order valence-corrected chi connectivity index (χ1v) is 10.3. The molecule has 0 aromatic heterocycles. The molecule has 1 aromatic rings. The van der Waals surface area contributed by atoms with Gasteiger partial charge >= 0.3 is 0 Å². The minimum absolute atomic E-state index is 0.209. The summed E-state index contributed by atoms with van der Waals surface area (Å²) in [7, 11) is -3.20. The van der Waals surface area contributed by atoms with E-state index < -0.39 is 15.1 Å². The number of benzene rings is 1. The van der Waals surface area contributed by atoms with Crippen molar-refractivity contribution in [2.24, 2.45) is 0 Å². The van der Waals surface area contributed by atoms with E-state index in [-0.39, 0.29) is 18.4 Å². The first-order chi connectivity index (χ1) is 11.8. The number of nitrogens with one attached hydrogen (secondary N) is 1. The van der Waals surface area contributed by atoms with Gasteiger partial charge in [0.15, 0.2) is 9.84 Å². The van der Waals surface area contributed by atoms with Gasteiger partial charge in [0.25, 0.3) is 5.91 Å². The lowest BCUT2D eigenvalue weighted by Gasteiger charge is -2.29. The maximum atomic E-state index is 12.8. The molecule has 2 amide bonds. The molecule has 6 nitrogen and oxygen atoms in total. The summed E-state index contributed by atoms with van der Waals surface area (Å²) >= 11 is 0. The smallest absolute Gasteiger partial charge is 0.253 e. The molecule has 1 fully saturated rings. The van der Waals surface area contributed by atoms with Gasteiger partial charge in [-0.05, 0) is 37.1 Å². The maximum Gasteiger partial charge on any atom is 0.253 e. The number of hydrogen-bond donors (Lipinski definition) is 1. The van der Waals surface area contributed by atoms with E-state index in [1.807, 2.05) is 0 Å². The van der Waals surface area contributed by atoms with Gasteiger partial charge in [0.05, 0.1) is 5.25 Å². The Kier molecular flexibility index (Phi) is 6.36. The number of nitrogens with zero attached hydrogens (tertiary/aromatic N) is 1. The van der Waals surface area contributed by atoms with Gasteiger partial charge < -0.3 is 10.2 Å². The quantitative estimate of drug-likeness (QED) is 0.831. The minimum Gasteiger partial charge on any atom is -0.337 e. The van der Waals surface area contributed by atoms with Crippen LogP contribution in [0, 0.1) is 0 Å². The number of carbonyl (C=O) groups excluding carboxylic acids is 2. The van der Waals surface area contributed by atoms with Crippen LogP contribution in [0.15, 0.2) is 36.9 Å². The van der Waals surface area contributed by atoms with Gasteiger partial charge in [-0.25, -0.2) is 8.42 Å². The number of rotatable bonds is 4. The second kappa shape index (κ2) is 8.29. The molecule has 1 aromatic carbocycles. The highest BCUT2D eigenvalue weighted by molar-refractivity contribution is 7.91. The average Bonchev–Trinajstić information content (AvgIpc) is 2.53. The van der Waals surface area contributed by atoms with Gasteiger partial charge in [0.1, 0.15) is 0 Å². The molecule has 0 saturated carbocycles. The highest BCUT2D eigenvalue weighted by Gasteiger charge is 2.28. The molecule has 1 unspecified atom stereocenters. The largest absolute Gasteiger partial charge is 0.337 e. The monoisotopic (exact) mass is 364 g/mol. The van der Waals surface area contributed by atoms with Crippen molar-refractivity contribution in [2.75, 3.05) is 24.7 Å². The van der Waals surface area contributed by atoms with E-state index in [2.05, 4.69) is 11.9 Å². The Labute approximate surface area is 148 Å². The normalized spacial score (nSPS) is 18.8. The van der Waals surface area contributed by atoms with E-state index in [0.29, 0.717) is 24.2 Å². The average molecular weight is 364 g/mol. The van der Waals surface area contributed by atoms with Gasteiger partial charge in [-0.1, -0.05) is 25.5 Å². The van der Waals surface area contributed by atoms with Gasteiger partial charge in [-0.3, -0.25) is 9.59 Å². The molecule has 1 aliphatic rings. The lowest BCUT2D eigenvalue weighted by Crippen LogP contribution is -2.42. The lowest BCUT2D eigenvalue weighted by atomic mass is 10.1. The molecule has 0 aliphatic carbocycles. The summed E-state index contributed by atoms with van der Waals surface area (Å²) in [6, 6.07) is 6.63. The molecule has 25 heavy (non-hydrogen) atoms.